The van der Waals surface area contributed by atoms with Crippen LogP contribution in [0.3, 0.4) is 0 Å². The maximum atomic E-state index is 5.94. The van der Waals surface area contributed by atoms with E-state index in [0.29, 0.717) is 5.92 Å². The third-order valence-corrected chi connectivity index (χ3v) is 6.21. The third-order valence-electron chi connectivity index (χ3n) is 6.21. The summed E-state index contributed by atoms with van der Waals surface area (Å²) in [6, 6.07) is 11.2. The number of ether oxygens (including phenoxy) is 1. The highest BCUT2D eigenvalue weighted by molar-refractivity contribution is 5.27. The van der Waals surface area contributed by atoms with Crippen LogP contribution in [0, 0.1) is 17.8 Å². The summed E-state index contributed by atoms with van der Waals surface area (Å²) in [5.41, 5.74) is 1.27. The lowest BCUT2D eigenvalue weighted by Gasteiger charge is -2.30. The minimum atomic E-state index is 0.563. The molecular weight excluding hydrogens is 326 g/mol. The molecule has 2 heterocycles. The number of hydrogen-bond acceptors (Lipinski definition) is 5. The number of benzene rings is 1. The SMILES string of the molecule is c1ccc(COCC2CC2C2CCN(c3nc(C4CC4)no3)CC2)cc1. The van der Waals surface area contributed by atoms with Crippen molar-refractivity contribution in [2.24, 2.45) is 17.8 Å². The molecule has 0 bridgehead atoms. The highest BCUT2D eigenvalue weighted by Crippen LogP contribution is 2.48. The zero-order valence-electron chi connectivity index (χ0n) is 15.2. The van der Waals surface area contributed by atoms with Gasteiger partial charge in [0.05, 0.1) is 13.2 Å². The Labute approximate surface area is 154 Å². The van der Waals surface area contributed by atoms with Gasteiger partial charge in [0.25, 0.3) is 0 Å². The largest absolute Gasteiger partial charge is 0.376 e. The molecule has 2 aromatic rings. The van der Waals surface area contributed by atoms with Crippen molar-refractivity contribution in [2.75, 3.05) is 24.6 Å². The number of nitrogens with zero attached hydrogens (tertiary/aromatic N) is 3. The summed E-state index contributed by atoms with van der Waals surface area (Å²) in [7, 11) is 0. The lowest BCUT2D eigenvalue weighted by Crippen LogP contribution is -2.34. The van der Waals surface area contributed by atoms with E-state index in [0.717, 1.165) is 55.9 Å². The maximum Gasteiger partial charge on any atom is 0.324 e. The normalized spacial score (nSPS) is 26.2. The molecule has 2 aliphatic carbocycles. The second kappa shape index (κ2) is 7.03. The second-order valence-electron chi connectivity index (χ2n) is 8.19. The maximum absolute atomic E-state index is 5.94. The van der Waals surface area contributed by atoms with Gasteiger partial charge in [-0.25, -0.2) is 0 Å². The topological polar surface area (TPSA) is 51.4 Å². The molecule has 5 heteroatoms. The Morgan fingerprint density at radius 3 is 2.65 bits per heavy atom. The zero-order chi connectivity index (χ0) is 17.3. The van der Waals surface area contributed by atoms with Crippen LogP contribution in [0.5, 0.6) is 0 Å². The smallest absolute Gasteiger partial charge is 0.324 e. The first-order chi connectivity index (χ1) is 12.9. The van der Waals surface area contributed by atoms with Crippen LogP contribution in [0.4, 0.5) is 6.01 Å². The van der Waals surface area contributed by atoms with Crippen LogP contribution in [0.2, 0.25) is 0 Å². The molecule has 2 unspecified atom stereocenters. The number of piperidine rings is 1. The van der Waals surface area contributed by atoms with Gasteiger partial charge in [0.2, 0.25) is 0 Å². The van der Waals surface area contributed by atoms with Crippen molar-refractivity contribution in [1.82, 2.24) is 10.1 Å². The van der Waals surface area contributed by atoms with Gasteiger partial charge in [-0.1, -0.05) is 35.5 Å². The van der Waals surface area contributed by atoms with Gasteiger partial charge in [0.15, 0.2) is 5.82 Å². The van der Waals surface area contributed by atoms with Crippen molar-refractivity contribution in [3.05, 3.63) is 41.7 Å². The van der Waals surface area contributed by atoms with Crippen molar-refractivity contribution in [3.8, 4) is 0 Å². The molecule has 3 aliphatic rings. The quantitative estimate of drug-likeness (QED) is 0.752. The van der Waals surface area contributed by atoms with E-state index in [2.05, 4.69) is 39.3 Å². The van der Waals surface area contributed by atoms with Crippen molar-refractivity contribution < 1.29 is 9.26 Å². The molecule has 1 aromatic heterocycles. The lowest BCUT2D eigenvalue weighted by atomic mass is 9.91. The lowest BCUT2D eigenvalue weighted by molar-refractivity contribution is 0.104. The molecule has 2 saturated carbocycles. The van der Waals surface area contributed by atoms with Gasteiger partial charge in [0, 0.05) is 19.0 Å². The molecule has 26 heavy (non-hydrogen) atoms. The average Bonchev–Trinajstić information content (AvgIpc) is 3.62. The van der Waals surface area contributed by atoms with Gasteiger partial charge in [-0.05, 0) is 55.4 Å². The minimum Gasteiger partial charge on any atom is -0.376 e. The standard InChI is InChI=1S/C21H27N3O2/c1-2-4-15(5-3-1)13-25-14-18-12-19(18)16-8-10-24(11-9-16)21-22-20(23-26-21)17-6-7-17/h1-5,16-19H,6-14H2. The Kier molecular flexibility index (Phi) is 4.41. The summed E-state index contributed by atoms with van der Waals surface area (Å²) in [6.07, 6.45) is 6.25. The molecule has 0 radical (unpaired) electrons. The van der Waals surface area contributed by atoms with Crippen molar-refractivity contribution in [1.29, 1.82) is 0 Å². The van der Waals surface area contributed by atoms with Gasteiger partial charge in [-0.3, -0.25) is 0 Å². The van der Waals surface area contributed by atoms with E-state index in [1.54, 1.807) is 0 Å². The fourth-order valence-electron chi connectivity index (χ4n) is 4.32. The predicted molar refractivity (Wildman–Crippen MR) is 98.9 cm³/mol. The van der Waals surface area contributed by atoms with Gasteiger partial charge >= 0.3 is 6.01 Å². The van der Waals surface area contributed by atoms with E-state index >= 15 is 0 Å². The van der Waals surface area contributed by atoms with Crippen LogP contribution < -0.4 is 4.90 Å². The van der Waals surface area contributed by atoms with Crippen molar-refractivity contribution >= 4 is 6.01 Å². The first-order valence-corrected chi connectivity index (χ1v) is 10.1. The van der Waals surface area contributed by atoms with Crippen LogP contribution in [-0.4, -0.2) is 29.8 Å². The van der Waals surface area contributed by atoms with Crippen LogP contribution in [0.25, 0.3) is 0 Å². The highest BCUT2D eigenvalue weighted by atomic mass is 16.5. The summed E-state index contributed by atoms with van der Waals surface area (Å²) in [4.78, 5) is 6.87. The second-order valence-corrected chi connectivity index (χ2v) is 8.19. The fourth-order valence-corrected chi connectivity index (χ4v) is 4.32. The van der Waals surface area contributed by atoms with E-state index in [4.69, 9.17) is 9.26 Å². The summed E-state index contributed by atoms with van der Waals surface area (Å²) in [6.45, 7) is 3.74. The average molecular weight is 353 g/mol. The monoisotopic (exact) mass is 353 g/mol. The first kappa shape index (κ1) is 16.3. The molecule has 0 N–H and O–H groups in total. The zero-order valence-corrected chi connectivity index (χ0v) is 15.2. The van der Waals surface area contributed by atoms with Crippen LogP contribution in [0.1, 0.15) is 49.4 Å². The predicted octanol–water partition coefficient (Wildman–Crippen LogP) is 4.02. The van der Waals surface area contributed by atoms with Crippen LogP contribution >= 0.6 is 0 Å². The first-order valence-electron chi connectivity index (χ1n) is 10.1. The number of hydrogen-bond donors (Lipinski definition) is 0. The Morgan fingerprint density at radius 2 is 1.88 bits per heavy atom. The fraction of sp³-hybridized carbons (Fsp3) is 0.619. The Hall–Kier alpha value is -1.88. The molecule has 5 nitrogen and oxygen atoms in total. The number of aromatic nitrogens is 2. The number of anilines is 1. The molecule has 0 amide bonds. The molecule has 5 rings (SSSR count). The summed E-state index contributed by atoms with van der Waals surface area (Å²) in [5, 5.41) is 4.15. The van der Waals surface area contributed by atoms with E-state index in [9.17, 15) is 0 Å². The third kappa shape index (κ3) is 3.63. The van der Waals surface area contributed by atoms with E-state index in [-0.39, 0.29) is 0 Å². The van der Waals surface area contributed by atoms with Crippen molar-refractivity contribution in [3.63, 3.8) is 0 Å². The molecule has 138 valence electrons. The molecule has 1 aromatic carbocycles. The van der Waals surface area contributed by atoms with Gasteiger partial charge in [0.1, 0.15) is 0 Å². The summed E-state index contributed by atoms with van der Waals surface area (Å²) in [5.74, 6) is 3.94. The summed E-state index contributed by atoms with van der Waals surface area (Å²) >= 11 is 0. The van der Waals surface area contributed by atoms with Gasteiger partial charge < -0.3 is 14.2 Å². The van der Waals surface area contributed by atoms with Crippen LogP contribution in [-0.2, 0) is 11.3 Å². The Bertz CT molecular complexity index is 720. The Morgan fingerprint density at radius 1 is 1.08 bits per heavy atom. The molecule has 1 aliphatic heterocycles. The molecule has 2 atom stereocenters. The van der Waals surface area contributed by atoms with E-state index in [1.165, 1.54) is 37.7 Å². The molecule has 0 spiro atoms. The van der Waals surface area contributed by atoms with Crippen LogP contribution in [0.15, 0.2) is 34.9 Å². The van der Waals surface area contributed by atoms with Gasteiger partial charge in [-0.2, -0.15) is 4.98 Å². The molecular formula is C21H27N3O2. The van der Waals surface area contributed by atoms with Gasteiger partial charge in [-0.15, -0.1) is 0 Å². The van der Waals surface area contributed by atoms with Crippen molar-refractivity contribution in [2.45, 2.75) is 44.6 Å². The molecule has 1 saturated heterocycles. The van der Waals surface area contributed by atoms with E-state index in [1.807, 2.05) is 6.07 Å². The summed E-state index contributed by atoms with van der Waals surface area (Å²) < 4.78 is 11.4. The minimum absolute atomic E-state index is 0.563. The number of rotatable bonds is 7. The highest BCUT2D eigenvalue weighted by Gasteiger charge is 2.44. The Balaban J connectivity index is 1.05. The van der Waals surface area contributed by atoms with E-state index < -0.39 is 0 Å². The molecule has 3 fully saturated rings.